The minimum absolute atomic E-state index is 0.256. The molecule has 4 heteroatoms. The van der Waals surface area contributed by atoms with Crippen molar-refractivity contribution >= 4 is 5.69 Å². The van der Waals surface area contributed by atoms with Crippen molar-refractivity contribution in [3.05, 3.63) is 23.8 Å². The molecule has 0 bridgehead atoms. The highest BCUT2D eigenvalue weighted by atomic mass is 16.5. The number of hydrogen-bond donors (Lipinski definition) is 1. The normalized spacial score (nSPS) is 21.1. The molecule has 0 unspecified atom stereocenters. The number of likely N-dealkylation sites (tertiary alicyclic amines) is 2. The van der Waals surface area contributed by atoms with Crippen LogP contribution in [0.1, 0.15) is 38.2 Å². The van der Waals surface area contributed by atoms with Crippen LogP contribution in [0.2, 0.25) is 0 Å². The Morgan fingerprint density at radius 2 is 1.88 bits per heavy atom. The fourth-order valence-electron chi connectivity index (χ4n) is 4.04. The summed E-state index contributed by atoms with van der Waals surface area (Å²) in [5.41, 5.74) is 8.00. The van der Waals surface area contributed by atoms with E-state index in [9.17, 15) is 0 Å². The van der Waals surface area contributed by atoms with E-state index in [1.54, 1.807) is 0 Å². The number of anilines is 1. The minimum atomic E-state index is 0.256. The Morgan fingerprint density at radius 3 is 2.52 bits per heavy atom. The highest BCUT2D eigenvalue weighted by molar-refractivity contribution is 5.54. The van der Waals surface area contributed by atoms with Gasteiger partial charge in [-0.2, -0.15) is 0 Å². The zero-order valence-electron chi connectivity index (χ0n) is 15.4. The summed E-state index contributed by atoms with van der Waals surface area (Å²) in [4.78, 5) is 5.27. The van der Waals surface area contributed by atoms with Gasteiger partial charge in [0.2, 0.25) is 0 Å². The van der Waals surface area contributed by atoms with Crippen molar-refractivity contribution in [2.75, 3.05) is 38.5 Å². The lowest BCUT2D eigenvalue weighted by Gasteiger charge is -2.41. The van der Waals surface area contributed by atoms with Crippen molar-refractivity contribution in [3.63, 3.8) is 0 Å². The molecule has 2 aliphatic rings. The molecule has 2 fully saturated rings. The van der Waals surface area contributed by atoms with Crippen molar-refractivity contribution in [1.82, 2.24) is 9.80 Å². The molecule has 25 heavy (non-hydrogen) atoms. The number of nitrogens with two attached hydrogens (primary N) is 1. The molecule has 0 atom stereocenters. The van der Waals surface area contributed by atoms with Crippen LogP contribution in [0.25, 0.3) is 0 Å². The molecule has 3 rings (SSSR count). The topological polar surface area (TPSA) is 41.7 Å². The van der Waals surface area contributed by atoms with Gasteiger partial charge in [0.25, 0.3) is 0 Å². The van der Waals surface area contributed by atoms with Gasteiger partial charge in [-0.1, -0.05) is 18.9 Å². The Morgan fingerprint density at radius 1 is 1.16 bits per heavy atom. The van der Waals surface area contributed by atoms with Gasteiger partial charge in [-0.05, 0) is 75.5 Å². The highest BCUT2D eigenvalue weighted by Gasteiger charge is 2.27. The molecule has 136 valence electrons. The number of nitrogen functional groups attached to an aromatic ring is 1. The quantitative estimate of drug-likeness (QED) is 0.660. The molecule has 0 aromatic heterocycles. The van der Waals surface area contributed by atoms with Gasteiger partial charge in [-0.3, -0.25) is 4.90 Å². The smallest absolute Gasteiger partial charge is 0.148 e. The highest BCUT2D eigenvalue weighted by Crippen LogP contribution is 2.26. The number of hydrogen-bond acceptors (Lipinski definition) is 4. The van der Waals surface area contributed by atoms with E-state index < -0.39 is 0 Å². The molecule has 2 aliphatic heterocycles. The van der Waals surface area contributed by atoms with Gasteiger partial charge in [0.15, 0.2) is 0 Å². The second-order valence-corrected chi connectivity index (χ2v) is 7.59. The first-order valence-corrected chi connectivity index (χ1v) is 9.56. The van der Waals surface area contributed by atoms with Crippen LogP contribution in [-0.4, -0.2) is 48.6 Å². The fourth-order valence-corrected chi connectivity index (χ4v) is 4.04. The van der Waals surface area contributed by atoms with Gasteiger partial charge < -0.3 is 15.4 Å². The lowest BCUT2D eigenvalue weighted by atomic mass is 9.95. The molecule has 2 saturated heterocycles. The number of ether oxygens (including phenoxy) is 1. The van der Waals surface area contributed by atoms with E-state index in [0.29, 0.717) is 11.4 Å². The lowest BCUT2D eigenvalue weighted by Crippen LogP contribution is -2.47. The van der Waals surface area contributed by atoms with Crippen LogP contribution < -0.4 is 10.5 Å². The SMILES string of the molecule is C#CCOc1ccc(CN2CCC(N3CCC(C)CC3)CC2)cc1N. The van der Waals surface area contributed by atoms with Gasteiger partial charge >= 0.3 is 0 Å². The van der Waals surface area contributed by atoms with Crippen LogP contribution in [0.5, 0.6) is 5.75 Å². The molecule has 1 aromatic rings. The van der Waals surface area contributed by atoms with Crippen molar-refractivity contribution in [2.24, 2.45) is 5.92 Å². The van der Waals surface area contributed by atoms with E-state index in [4.69, 9.17) is 16.9 Å². The molecular weight excluding hydrogens is 310 g/mol. The third-order valence-corrected chi connectivity index (χ3v) is 5.68. The van der Waals surface area contributed by atoms with Gasteiger partial charge in [0.1, 0.15) is 12.4 Å². The first-order valence-electron chi connectivity index (χ1n) is 9.56. The average molecular weight is 341 g/mol. The lowest BCUT2D eigenvalue weighted by molar-refractivity contribution is 0.0779. The zero-order chi connectivity index (χ0) is 17.6. The summed E-state index contributed by atoms with van der Waals surface area (Å²) in [6.07, 6.45) is 10.5. The maximum Gasteiger partial charge on any atom is 0.148 e. The number of piperidine rings is 2. The largest absolute Gasteiger partial charge is 0.479 e. The van der Waals surface area contributed by atoms with Crippen molar-refractivity contribution in [2.45, 2.75) is 45.2 Å². The van der Waals surface area contributed by atoms with Crippen molar-refractivity contribution in [1.29, 1.82) is 0 Å². The summed E-state index contributed by atoms with van der Waals surface area (Å²) in [7, 11) is 0. The Balaban J connectivity index is 1.47. The first kappa shape index (κ1) is 18.1. The van der Waals surface area contributed by atoms with Crippen LogP contribution in [0, 0.1) is 18.3 Å². The van der Waals surface area contributed by atoms with E-state index in [1.807, 2.05) is 12.1 Å². The Hall–Kier alpha value is -1.70. The van der Waals surface area contributed by atoms with E-state index in [1.165, 1.54) is 57.4 Å². The van der Waals surface area contributed by atoms with Crippen LogP contribution >= 0.6 is 0 Å². The second-order valence-electron chi connectivity index (χ2n) is 7.59. The third kappa shape index (κ3) is 4.90. The second kappa shape index (κ2) is 8.60. The molecule has 0 saturated carbocycles. The molecule has 1 aromatic carbocycles. The van der Waals surface area contributed by atoms with E-state index in [0.717, 1.165) is 18.5 Å². The Labute approximate surface area is 152 Å². The molecule has 0 spiro atoms. The van der Waals surface area contributed by atoms with E-state index >= 15 is 0 Å². The number of nitrogens with zero attached hydrogens (tertiary/aromatic N) is 2. The zero-order valence-corrected chi connectivity index (χ0v) is 15.4. The summed E-state index contributed by atoms with van der Waals surface area (Å²) >= 11 is 0. The van der Waals surface area contributed by atoms with E-state index in [2.05, 4.69) is 28.7 Å². The number of terminal acetylenes is 1. The molecular formula is C21H31N3O. The molecule has 2 N–H and O–H groups in total. The van der Waals surface area contributed by atoms with Gasteiger partial charge in [0.05, 0.1) is 5.69 Å². The summed E-state index contributed by atoms with van der Waals surface area (Å²) in [5.74, 6) is 4.06. The summed E-state index contributed by atoms with van der Waals surface area (Å²) in [6.45, 7) is 8.53. The number of benzene rings is 1. The standard InChI is InChI=1S/C21H31N3O/c1-3-14-25-21-5-4-18(15-20(21)22)16-23-10-8-19(9-11-23)24-12-6-17(2)7-13-24/h1,4-5,15,17,19H,6-14,16,22H2,2H3. The fraction of sp³-hybridized carbons (Fsp3) is 0.619. The summed E-state index contributed by atoms with van der Waals surface area (Å²) in [5, 5.41) is 0. The molecule has 4 nitrogen and oxygen atoms in total. The van der Waals surface area contributed by atoms with Crippen LogP contribution in [-0.2, 0) is 6.54 Å². The van der Waals surface area contributed by atoms with Gasteiger partial charge in [0, 0.05) is 12.6 Å². The first-order chi connectivity index (χ1) is 12.2. The van der Waals surface area contributed by atoms with Crippen molar-refractivity contribution in [3.8, 4) is 18.1 Å². The van der Waals surface area contributed by atoms with Crippen LogP contribution in [0.15, 0.2) is 18.2 Å². The molecule has 0 aliphatic carbocycles. The summed E-state index contributed by atoms with van der Waals surface area (Å²) in [6, 6.07) is 6.84. The summed E-state index contributed by atoms with van der Waals surface area (Å²) < 4.78 is 5.44. The monoisotopic (exact) mass is 341 g/mol. The predicted molar refractivity (Wildman–Crippen MR) is 103 cm³/mol. The van der Waals surface area contributed by atoms with Gasteiger partial charge in [-0.15, -0.1) is 6.42 Å². The van der Waals surface area contributed by atoms with Crippen molar-refractivity contribution < 1.29 is 4.74 Å². The molecule has 0 radical (unpaired) electrons. The maximum absolute atomic E-state index is 6.08. The predicted octanol–water partition coefficient (Wildman–Crippen LogP) is 2.98. The van der Waals surface area contributed by atoms with E-state index in [-0.39, 0.29) is 6.61 Å². The van der Waals surface area contributed by atoms with Crippen LogP contribution in [0.4, 0.5) is 5.69 Å². The molecule has 2 heterocycles. The Kier molecular flexibility index (Phi) is 6.23. The maximum atomic E-state index is 6.08. The van der Waals surface area contributed by atoms with Gasteiger partial charge in [-0.25, -0.2) is 0 Å². The number of rotatable bonds is 5. The minimum Gasteiger partial charge on any atom is -0.479 e. The molecule has 0 amide bonds. The Bertz CT molecular complexity index is 594. The van der Waals surface area contributed by atoms with Crippen LogP contribution in [0.3, 0.4) is 0 Å². The average Bonchev–Trinajstić information content (AvgIpc) is 2.62. The third-order valence-electron chi connectivity index (χ3n) is 5.68.